The molecule has 2 aliphatic heterocycles. The Labute approximate surface area is 149 Å². The van der Waals surface area contributed by atoms with Crippen LogP contribution in [0, 0.1) is 11.8 Å². The Balaban J connectivity index is 1.74. The van der Waals surface area contributed by atoms with Gasteiger partial charge in [-0.25, -0.2) is 0 Å². The summed E-state index contributed by atoms with van der Waals surface area (Å²) in [5.41, 5.74) is 0. The van der Waals surface area contributed by atoms with Crippen LogP contribution in [-0.4, -0.2) is 80.3 Å². The molecule has 146 valence electrons. The number of hydrogen-bond donors (Lipinski definition) is 2. The topological polar surface area (TPSA) is 42.9 Å². The average Bonchev–Trinajstić information content (AvgIpc) is 3.08. The molecule has 0 aliphatic carbocycles. The van der Waals surface area contributed by atoms with E-state index >= 15 is 0 Å². The van der Waals surface area contributed by atoms with Gasteiger partial charge in [-0.2, -0.15) is 13.2 Å². The summed E-state index contributed by atoms with van der Waals surface area (Å²) in [6.45, 7) is 9.56. The molecule has 8 heteroatoms. The molecule has 3 atom stereocenters. The van der Waals surface area contributed by atoms with Crippen molar-refractivity contribution in [1.82, 2.24) is 20.4 Å². The van der Waals surface area contributed by atoms with E-state index in [1.165, 1.54) is 4.90 Å². The molecule has 2 saturated heterocycles. The SMILES string of the molecule is CN=C(NCC1CCN(CC(F)(F)F)C1)NC1CN(C(C)C)CC1C. The summed E-state index contributed by atoms with van der Waals surface area (Å²) >= 11 is 0. The number of guanidine groups is 1. The molecule has 0 radical (unpaired) electrons. The maximum absolute atomic E-state index is 12.5. The van der Waals surface area contributed by atoms with Crippen molar-refractivity contribution < 1.29 is 13.2 Å². The smallest absolute Gasteiger partial charge is 0.356 e. The molecule has 2 heterocycles. The predicted molar refractivity (Wildman–Crippen MR) is 94.8 cm³/mol. The van der Waals surface area contributed by atoms with Gasteiger partial charge in [-0.3, -0.25) is 14.8 Å². The van der Waals surface area contributed by atoms with E-state index in [0.717, 1.165) is 25.5 Å². The molecule has 2 rings (SSSR count). The van der Waals surface area contributed by atoms with E-state index in [0.29, 0.717) is 37.6 Å². The highest BCUT2D eigenvalue weighted by molar-refractivity contribution is 5.80. The van der Waals surface area contributed by atoms with Gasteiger partial charge in [0.05, 0.1) is 6.54 Å². The van der Waals surface area contributed by atoms with Gasteiger partial charge in [0.2, 0.25) is 0 Å². The molecule has 0 spiro atoms. The quantitative estimate of drug-likeness (QED) is 0.577. The maximum Gasteiger partial charge on any atom is 0.401 e. The van der Waals surface area contributed by atoms with Crippen LogP contribution in [0.2, 0.25) is 0 Å². The molecule has 25 heavy (non-hydrogen) atoms. The lowest BCUT2D eigenvalue weighted by Gasteiger charge is -2.23. The lowest BCUT2D eigenvalue weighted by atomic mass is 10.1. The van der Waals surface area contributed by atoms with Crippen LogP contribution in [0.25, 0.3) is 0 Å². The van der Waals surface area contributed by atoms with E-state index in [1.807, 2.05) is 0 Å². The van der Waals surface area contributed by atoms with Gasteiger partial charge in [0, 0.05) is 45.3 Å². The van der Waals surface area contributed by atoms with Crippen molar-refractivity contribution in [1.29, 1.82) is 0 Å². The molecule has 0 aromatic heterocycles. The Morgan fingerprint density at radius 1 is 1.24 bits per heavy atom. The molecule has 0 amide bonds. The summed E-state index contributed by atoms with van der Waals surface area (Å²) in [5, 5.41) is 6.78. The number of nitrogens with one attached hydrogen (secondary N) is 2. The zero-order valence-electron chi connectivity index (χ0n) is 15.7. The minimum absolute atomic E-state index is 0.231. The first-order chi connectivity index (χ1) is 11.7. The van der Waals surface area contributed by atoms with E-state index in [1.54, 1.807) is 7.05 Å². The van der Waals surface area contributed by atoms with Crippen molar-refractivity contribution in [3.63, 3.8) is 0 Å². The van der Waals surface area contributed by atoms with Crippen molar-refractivity contribution in [3.05, 3.63) is 0 Å². The van der Waals surface area contributed by atoms with Crippen molar-refractivity contribution in [2.45, 2.75) is 45.5 Å². The normalized spacial score (nSPS) is 29.6. The van der Waals surface area contributed by atoms with Gasteiger partial charge in [0.25, 0.3) is 0 Å². The van der Waals surface area contributed by atoms with Gasteiger partial charge in [0.15, 0.2) is 5.96 Å². The van der Waals surface area contributed by atoms with Crippen LogP contribution in [-0.2, 0) is 0 Å². The number of aliphatic imine (C=N–C) groups is 1. The highest BCUT2D eigenvalue weighted by atomic mass is 19.4. The average molecular weight is 363 g/mol. The maximum atomic E-state index is 12.5. The lowest BCUT2D eigenvalue weighted by molar-refractivity contribution is -0.143. The van der Waals surface area contributed by atoms with Gasteiger partial charge >= 0.3 is 6.18 Å². The Kier molecular flexibility index (Phi) is 6.96. The molecule has 0 aromatic carbocycles. The number of likely N-dealkylation sites (tertiary alicyclic amines) is 2. The van der Waals surface area contributed by atoms with Crippen LogP contribution in [0.5, 0.6) is 0 Å². The highest BCUT2D eigenvalue weighted by Gasteiger charge is 2.34. The number of rotatable bonds is 5. The summed E-state index contributed by atoms with van der Waals surface area (Å²) in [5.74, 6) is 1.51. The molecular formula is C17H32F3N5. The summed E-state index contributed by atoms with van der Waals surface area (Å²) in [4.78, 5) is 8.21. The van der Waals surface area contributed by atoms with Gasteiger partial charge in [0.1, 0.15) is 0 Å². The van der Waals surface area contributed by atoms with E-state index < -0.39 is 12.7 Å². The molecule has 0 aromatic rings. The first kappa shape index (κ1) is 20.3. The van der Waals surface area contributed by atoms with Crippen LogP contribution in [0.4, 0.5) is 13.2 Å². The number of alkyl halides is 3. The summed E-state index contributed by atoms with van der Waals surface area (Å²) in [6, 6.07) is 0.876. The summed E-state index contributed by atoms with van der Waals surface area (Å²) in [7, 11) is 1.74. The Morgan fingerprint density at radius 3 is 2.52 bits per heavy atom. The van der Waals surface area contributed by atoms with E-state index in [2.05, 4.69) is 41.3 Å². The van der Waals surface area contributed by atoms with E-state index in [9.17, 15) is 13.2 Å². The van der Waals surface area contributed by atoms with Gasteiger partial charge < -0.3 is 10.6 Å². The van der Waals surface area contributed by atoms with Crippen molar-refractivity contribution in [2.24, 2.45) is 16.8 Å². The number of halogens is 3. The Hall–Kier alpha value is -1.02. The van der Waals surface area contributed by atoms with Crippen LogP contribution >= 0.6 is 0 Å². The number of nitrogens with zero attached hydrogens (tertiary/aromatic N) is 3. The van der Waals surface area contributed by atoms with Gasteiger partial charge in [-0.05, 0) is 38.6 Å². The predicted octanol–water partition coefficient (Wildman–Crippen LogP) is 1.76. The summed E-state index contributed by atoms with van der Waals surface area (Å²) < 4.78 is 37.4. The van der Waals surface area contributed by atoms with Gasteiger partial charge in [-0.1, -0.05) is 6.92 Å². The van der Waals surface area contributed by atoms with E-state index in [4.69, 9.17) is 0 Å². The zero-order chi connectivity index (χ0) is 18.6. The Morgan fingerprint density at radius 2 is 1.96 bits per heavy atom. The highest BCUT2D eigenvalue weighted by Crippen LogP contribution is 2.22. The van der Waals surface area contributed by atoms with Gasteiger partial charge in [-0.15, -0.1) is 0 Å². The van der Waals surface area contributed by atoms with Crippen molar-refractivity contribution >= 4 is 5.96 Å². The molecule has 0 bridgehead atoms. The fraction of sp³-hybridized carbons (Fsp3) is 0.941. The first-order valence-corrected chi connectivity index (χ1v) is 9.18. The third-order valence-corrected chi connectivity index (χ3v) is 5.25. The third-order valence-electron chi connectivity index (χ3n) is 5.25. The molecule has 3 unspecified atom stereocenters. The molecule has 2 fully saturated rings. The van der Waals surface area contributed by atoms with Crippen LogP contribution in [0.1, 0.15) is 27.2 Å². The lowest BCUT2D eigenvalue weighted by Crippen LogP contribution is -2.48. The molecule has 0 saturated carbocycles. The summed E-state index contributed by atoms with van der Waals surface area (Å²) in [6.07, 6.45) is -3.32. The van der Waals surface area contributed by atoms with Crippen LogP contribution in [0.3, 0.4) is 0 Å². The number of hydrogen-bond acceptors (Lipinski definition) is 3. The second-order valence-electron chi connectivity index (χ2n) is 7.73. The van der Waals surface area contributed by atoms with Crippen molar-refractivity contribution in [2.75, 3.05) is 46.3 Å². The monoisotopic (exact) mass is 363 g/mol. The minimum Gasteiger partial charge on any atom is -0.356 e. The molecule has 5 nitrogen and oxygen atoms in total. The fourth-order valence-electron chi connectivity index (χ4n) is 3.70. The standard InChI is InChI=1S/C17H32F3N5/c1-12(2)25-8-13(3)15(10-25)23-16(21-4)22-7-14-5-6-24(9-14)11-17(18,19)20/h12-15H,5-11H2,1-4H3,(H2,21,22,23). The van der Waals surface area contributed by atoms with Crippen LogP contribution in [0.15, 0.2) is 4.99 Å². The first-order valence-electron chi connectivity index (χ1n) is 9.18. The van der Waals surface area contributed by atoms with Crippen LogP contribution < -0.4 is 10.6 Å². The third kappa shape index (κ3) is 6.33. The Bertz CT molecular complexity index is 452. The zero-order valence-corrected chi connectivity index (χ0v) is 15.7. The minimum atomic E-state index is -4.11. The largest absolute Gasteiger partial charge is 0.401 e. The van der Waals surface area contributed by atoms with E-state index in [-0.39, 0.29) is 5.92 Å². The molecule has 2 N–H and O–H groups in total. The fourth-order valence-corrected chi connectivity index (χ4v) is 3.70. The van der Waals surface area contributed by atoms with Crippen molar-refractivity contribution in [3.8, 4) is 0 Å². The molecular weight excluding hydrogens is 331 g/mol. The second kappa shape index (κ2) is 8.58. The second-order valence-corrected chi connectivity index (χ2v) is 7.73. The molecule has 2 aliphatic rings.